The number of carbonyl (C=O) groups is 1. The van der Waals surface area contributed by atoms with E-state index in [1.807, 2.05) is 0 Å². The molecule has 2 aromatic carbocycles. The minimum atomic E-state index is -0.477. The molecule has 0 aliphatic carbocycles. The molecule has 0 atom stereocenters. The van der Waals surface area contributed by atoms with Crippen LogP contribution in [0.2, 0.25) is 0 Å². The first-order chi connectivity index (χ1) is 7.70. The SMILES string of the molecule is O=Cc1ccc(-c2cccc(O)c2)c(F)c1. The van der Waals surface area contributed by atoms with Gasteiger partial charge in [0.15, 0.2) is 0 Å². The van der Waals surface area contributed by atoms with Gasteiger partial charge >= 0.3 is 0 Å². The molecule has 0 fully saturated rings. The molecule has 80 valence electrons. The normalized spacial score (nSPS) is 10.1. The van der Waals surface area contributed by atoms with Gasteiger partial charge in [0, 0.05) is 11.1 Å². The second-order valence-electron chi connectivity index (χ2n) is 3.41. The van der Waals surface area contributed by atoms with Crippen molar-refractivity contribution in [1.29, 1.82) is 0 Å². The first-order valence-corrected chi connectivity index (χ1v) is 4.75. The number of hydrogen-bond acceptors (Lipinski definition) is 2. The predicted octanol–water partition coefficient (Wildman–Crippen LogP) is 3.01. The van der Waals surface area contributed by atoms with Gasteiger partial charge in [-0.3, -0.25) is 4.79 Å². The number of carbonyl (C=O) groups excluding carboxylic acids is 1. The Morgan fingerprint density at radius 1 is 1.12 bits per heavy atom. The summed E-state index contributed by atoms with van der Waals surface area (Å²) in [6, 6.07) is 10.5. The molecule has 2 nitrogen and oxygen atoms in total. The number of hydrogen-bond donors (Lipinski definition) is 1. The Kier molecular flexibility index (Phi) is 2.68. The molecule has 16 heavy (non-hydrogen) atoms. The number of benzene rings is 2. The molecule has 0 heterocycles. The van der Waals surface area contributed by atoms with Gasteiger partial charge in [-0.25, -0.2) is 4.39 Å². The van der Waals surface area contributed by atoms with Crippen molar-refractivity contribution in [3.8, 4) is 16.9 Å². The Morgan fingerprint density at radius 3 is 2.56 bits per heavy atom. The fourth-order valence-electron chi connectivity index (χ4n) is 1.51. The van der Waals surface area contributed by atoms with Crippen LogP contribution in [0.4, 0.5) is 4.39 Å². The third-order valence-electron chi connectivity index (χ3n) is 2.29. The monoisotopic (exact) mass is 216 g/mol. The smallest absolute Gasteiger partial charge is 0.150 e. The Morgan fingerprint density at radius 2 is 1.94 bits per heavy atom. The van der Waals surface area contributed by atoms with E-state index in [4.69, 9.17) is 0 Å². The van der Waals surface area contributed by atoms with Crippen LogP contribution in [0.1, 0.15) is 10.4 Å². The van der Waals surface area contributed by atoms with Crippen LogP contribution >= 0.6 is 0 Å². The topological polar surface area (TPSA) is 37.3 Å². The number of phenols is 1. The second-order valence-corrected chi connectivity index (χ2v) is 3.41. The average molecular weight is 216 g/mol. The van der Waals surface area contributed by atoms with Crippen molar-refractivity contribution in [2.75, 3.05) is 0 Å². The van der Waals surface area contributed by atoms with Gasteiger partial charge in [-0.2, -0.15) is 0 Å². The van der Waals surface area contributed by atoms with Crippen LogP contribution in [0, 0.1) is 5.82 Å². The van der Waals surface area contributed by atoms with Gasteiger partial charge < -0.3 is 5.11 Å². The van der Waals surface area contributed by atoms with Crippen LogP contribution in [-0.2, 0) is 0 Å². The van der Waals surface area contributed by atoms with Crippen LogP contribution in [0.5, 0.6) is 5.75 Å². The first kappa shape index (κ1) is 10.4. The van der Waals surface area contributed by atoms with E-state index in [0.717, 1.165) is 0 Å². The van der Waals surface area contributed by atoms with Gasteiger partial charge in [0.05, 0.1) is 0 Å². The summed E-state index contributed by atoms with van der Waals surface area (Å²) in [6.45, 7) is 0. The molecule has 0 amide bonds. The summed E-state index contributed by atoms with van der Waals surface area (Å²) in [5, 5.41) is 9.29. The summed E-state index contributed by atoms with van der Waals surface area (Å²) in [5.41, 5.74) is 1.23. The van der Waals surface area contributed by atoms with E-state index in [2.05, 4.69) is 0 Å². The van der Waals surface area contributed by atoms with Gasteiger partial charge in [0.1, 0.15) is 17.9 Å². The molecule has 0 unspecified atom stereocenters. The van der Waals surface area contributed by atoms with Gasteiger partial charge in [-0.05, 0) is 23.8 Å². The van der Waals surface area contributed by atoms with E-state index in [1.54, 1.807) is 12.1 Å². The largest absolute Gasteiger partial charge is 0.508 e. The lowest BCUT2D eigenvalue weighted by Crippen LogP contribution is -1.87. The van der Waals surface area contributed by atoms with Gasteiger partial charge in [0.2, 0.25) is 0 Å². The molecule has 0 aliphatic heterocycles. The van der Waals surface area contributed by atoms with Gasteiger partial charge in [-0.1, -0.05) is 24.3 Å². The maximum absolute atomic E-state index is 13.6. The lowest BCUT2D eigenvalue weighted by molar-refractivity contribution is 0.112. The van der Waals surface area contributed by atoms with Crippen molar-refractivity contribution in [3.63, 3.8) is 0 Å². The van der Waals surface area contributed by atoms with E-state index >= 15 is 0 Å². The van der Waals surface area contributed by atoms with Crippen molar-refractivity contribution in [2.45, 2.75) is 0 Å². The van der Waals surface area contributed by atoms with E-state index < -0.39 is 5.82 Å². The van der Waals surface area contributed by atoms with Gasteiger partial charge in [-0.15, -0.1) is 0 Å². The summed E-state index contributed by atoms with van der Waals surface area (Å²) in [6.07, 6.45) is 0.593. The molecule has 0 spiro atoms. The van der Waals surface area contributed by atoms with E-state index in [1.165, 1.54) is 30.3 Å². The Balaban J connectivity index is 2.52. The lowest BCUT2D eigenvalue weighted by Gasteiger charge is -2.04. The highest BCUT2D eigenvalue weighted by atomic mass is 19.1. The number of halogens is 1. The zero-order chi connectivity index (χ0) is 11.5. The van der Waals surface area contributed by atoms with Crippen molar-refractivity contribution in [2.24, 2.45) is 0 Å². The molecule has 0 bridgehead atoms. The quantitative estimate of drug-likeness (QED) is 0.783. The van der Waals surface area contributed by atoms with E-state index in [0.29, 0.717) is 23.0 Å². The number of rotatable bonds is 2. The van der Waals surface area contributed by atoms with Crippen molar-refractivity contribution >= 4 is 6.29 Å². The molecule has 0 aliphatic rings. The van der Waals surface area contributed by atoms with Crippen LogP contribution in [-0.4, -0.2) is 11.4 Å². The second kappa shape index (κ2) is 4.14. The van der Waals surface area contributed by atoms with Crippen molar-refractivity contribution < 1.29 is 14.3 Å². The molecule has 2 aromatic rings. The van der Waals surface area contributed by atoms with Crippen LogP contribution in [0.3, 0.4) is 0 Å². The first-order valence-electron chi connectivity index (χ1n) is 4.75. The van der Waals surface area contributed by atoms with Gasteiger partial charge in [0.25, 0.3) is 0 Å². The number of phenolic OH excluding ortho intramolecular Hbond substituents is 1. The van der Waals surface area contributed by atoms with Crippen LogP contribution in [0.15, 0.2) is 42.5 Å². The fourth-order valence-corrected chi connectivity index (χ4v) is 1.51. The zero-order valence-corrected chi connectivity index (χ0v) is 8.35. The molecule has 3 heteroatoms. The number of aromatic hydroxyl groups is 1. The van der Waals surface area contributed by atoms with Crippen LogP contribution < -0.4 is 0 Å². The van der Waals surface area contributed by atoms with E-state index in [9.17, 15) is 14.3 Å². The van der Waals surface area contributed by atoms with E-state index in [-0.39, 0.29) is 5.75 Å². The summed E-state index contributed by atoms with van der Waals surface area (Å²) in [4.78, 5) is 10.5. The summed E-state index contributed by atoms with van der Waals surface area (Å²) in [5.74, 6) is -0.397. The molecule has 1 N–H and O–H groups in total. The molecular formula is C13H9FO2. The maximum Gasteiger partial charge on any atom is 0.150 e. The standard InChI is InChI=1S/C13H9FO2/c14-13-6-9(8-15)4-5-12(13)10-2-1-3-11(16)7-10/h1-8,16H. The highest BCUT2D eigenvalue weighted by molar-refractivity contribution is 5.77. The number of aldehydes is 1. The average Bonchev–Trinajstić information content (AvgIpc) is 2.28. The highest BCUT2D eigenvalue weighted by Crippen LogP contribution is 2.26. The molecular weight excluding hydrogens is 207 g/mol. The lowest BCUT2D eigenvalue weighted by atomic mass is 10.0. The van der Waals surface area contributed by atoms with Crippen LogP contribution in [0.25, 0.3) is 11.1 Å². The molecule has 2 rings (SSSR count). The molecule has 0 saturated carbocycles. The fraction of sp³-hybridized carbons (Fsp3) is 0. The Hall–Kier alpha value is -2.16. The third-order valence-corrected chi connectivity index (χ3v) is 2.29. The van der Waals surface area contributed by atoms with Crippen molar-refractivity contribution in [1.82, 2.24) is 0 Å². The molecule has 0 radical (unpaired) electrons. The molecule has 0 saturated heterocycles. The third kappa shape index (κ3) is 1.93. The summed E-state index contributed by atoms with van der Waals surface area (Å²) < 4.78 is 13.6. The highest BCUT2D eigenvalue weighted by Gasteiger charge is 2.06. The Labute approximate surface area is 92.0 Å². The predicted molar refractivity (Wildman–Crippen MR) is 58.9 cm³/mol. The summed E-state index contributed by atoms with van der Waals surface area (Å²) >= 11 is 0. The van der Waals surface area contributed by atoms with Crippen molar-refractivity contribution in [3.05, 3.63) is 53.8 Å². The molecule has 0 aromatic heterocycles. The summed E-state index contributed by atoms with van der Waals surface area (Å²) in [7, 11) is 0. The minimum Gasteiger partial charge on any atom is -0.508 e. The Bertz CT molecular complexity index is 535. The maximum atomic E-state index is 13.6. The minimum absolute atomic E-state index is 0.0800. The zero-order valence-electron chi connectivity index (χ0n) is 8.35.